The fourth-order valence-electron chi connectivity index (χ4n) is 3.85. The quantitative estimate of drug-likeness (QED) is 0.266. The van der Waals surface area contributed by atoms with E-state index in [0.717, 1.165) is 19.3 Å². The molecule has 2 rings (SSSR count). The van der Waals surface area contributed by atoms with Crippen molar-refractivity contribution < 1.29 is 14.0 Å². The Morgan fingerprint density at radius 3 is 1.79 bits per heavy atom. The van der Waals surface area contributed by atoms with Gasteiger partial charge in [0.25, 0.3) is 0 Å². The molecule has 0 radical (unpaired) electrons. The second-order valence-electron chi connectivity index (χ2n) is 13.7. The summed E-state index contributed by atoms with van der Waals surface area (Å²) in [4.78, 5) is 0. The van der Waals surface area contributed by atoms with Gasteiger partial charge in [-0.2, -0.15) is 0 Å². The molecule has 0 aliphatic carbocycles. The molecule has 3 nitrogen and oxygen atoms in total. The van der Waals surface area contributed by atoms with Crippen molar-refractivity contribution in [2.45, 2.75) is 117 Å². The molecule has 0 amide bonds. The molecule has 0 spiro atoms. The molecule has 0 aromatic heterocycles. The number of aliphatic hydroxyl groups excluding tert-OH is 1. The SMILES string of the molecule is CCC(=CCO)c1cccc(CCc2ccc(CO[Si](C)(C)C(C)(C)C)c(CO[Si](C)(C)C(C)(C)C)c2)c1. The Morgan fingerprint density at radius 2 is 1.29 bits per heavy atom. The number of rotatable bonds is 12. The summed E-state index contributed by atoms with van der Waals surface area (Å²) in [6, 6.07) is 15.6. The average molecular weight is 555 g/mol. The van der Waals surface area contributed by atoms with Crippen LogP contribution in [0.1, 0.15) is 82.7 Å². The summed E-state index contributed by atoms with van der Waals surface area (Å²) >= 11 is 0. The van der Waals surface area contributed by atoms with E-state index in [1.165, 1.54) is 33.4 Å². The van der Waals surface area contributed by atoms with E-state index in [-0.39, 0.29) is 16.7 Å². The van der Waals surface area contributed by atoms with Gasteiger partial charge in [-0.05, 0) is 88.9 Å². The molecule has 5 heteroatoms. The lowest BCUT2D eigenvalue weighted by Gasteiger charge is -2.37. The molecule has 2 aromatic rings. The van der Waals surface area contributed by atoms with Crippen molar-refractivity contribution in [1.29, 1.82) is 0 Å². The zero-order valence-corrected chi connectivity index (χ0v) is 28.1. The average Bonchev–Trinajstić information content (AvgIpc) is 2.82. The number of hydrogen-bond acceptors (Lipinski definition) is 3. The van der Waals surface area contributed by atoms with Gasteiger partial charge in [0.15, 0.2) is 16.6 Å². The second kappa shape index (κ2) is 13.2. The van der Waals surface area contributed by atoms with E-state index in [1.54, 1.807) is 0 Å². The van der Waals surface area contributed by atoms with Gasteiger partial charge in [-0.3, -0.25) is 0 Å². The van der Waals surface area contributed by atoms with Crippen LogP contribution in [-0.4, -0.2) is 28.3 Å². The predicted molar refractivity (Wildman–Crippen MR) is 170 cm³/mol. The first-order chi connectivity index (χ1) is 17.5. The monoisotopic (exact) mass is 554 g/mol. The molecule has 0 bridgehead atoms. The van der Waals surface area contributed by atoms with Crippen molar-refractivity contribution in [1.82, 2.24) is 0 Å². The third kappa shape index (κ3) is 9.02. The Kier molecular flexibility index (Phi) is 11.4. The van der Waals surface area contributed by atoms with E-state index in [1.807, 2.05) is 6.08 Å². The lowest BCUT2D eigenvalue weighted by atomic mass is 9.96. The fourth-order valence-corrected chi connectivity index (χ4v) is 5.75. The van der Waals surface area contributed by atoms with Crippen LogP contribution in [-0.2, 0) is 34.9 Å². The summed E-state index contributed by atoms with van der Waals surface area (Å²) in [5.74, 6) is 0. The lowest BCUT2D eigenvalue weighted by Crippen LogP contribution is -2.41. The Morgan fingerprint density at radius 1 is 0.763 bits per heavy atom. The van der Waals surface area contributed by atoms with Gasteiger partial charge in [0.05, 0.1) is 19.8 Å². The molecule has 1 N–H and O–H groups in total. The summed E-state index contributed by atoms with van der Waals surface area (Å²) in [6.07, 6.45) is 4.79. The number of allylic oxidation sites excluding steroid dienone is 1. The van der Waals surface area contributed by atoms with Gasteiger partial charge in [-0.1, -0.05) is 97.0 Å². The Balaban J connectivity index is 2.27. The van der Waals surface area contributed by atoms with E-state index in [4.69, 9.17) is 8.85 Å². The van der Waals surface area contributed by atoms with E-state index >= 15 is 0 Å². The van der Waals surface area contributed by atoms with E-state index in [0.29, 0.717) is 13.2 Å². The highest BCUT2D eigenvalue weighted by Crippen LogP contribution is 2.39. The molecular formula is C33H54O3Si2. The van der Waals surface area contributed by atoms with Crippen LogP contribution in [0.15, 0.2) is 48.5 Å². The first kappa shape index (κ1) is 32.7. The highest BCUT2D eigenvalue weighted by atomic mass is 28.4. The predicted octanol–water partition coefficient (Wildman–Crippen LogP) is 9.30. The Labute approximate surface area is 235 Å². The zero-order valence-electron chi connectivity index (χ0n) is 26.1. The Bertz CT molecular complexity index is 1070. The molecule has 0 aliphatic rings. The van der Waals surface area contributed by atoms with Crippen molar-refractivity contribution in [2.24, 2.45) is 0 Å². The molecular weight excluding hydrogens is 501 g/mol. The summed E-state index contributed by atoms with van der Waals surface area (Å²) in [5, 5.41) is 9.73. The maximum atomic E-state index is 9.37. The van der Waals surface area contributed by atoms with Crippen molar-refractivity contribution in [3.8, 4) is 0 Å². The maximum Gasteiger partial charge on any atom is 0.192 e. The van der Waals surface area contributed by atoms with Crippen LogP contribution in [0.4, 0.5) is 0 Å². The van der Waals surface area contributed by atoms with Crippen molar-refractivity contribution >= 4 is 22.2 Å². The zero-order chi connectivity index (χ0) is 28.8. The summed E-state index contributed by atoms with van der Waals surface area (Å²) in [6.45, 7) is 26.6. The first-order valence-corrected chi connectivity index (χ1v) is 20.1. The van der Waals surface area contributed by atoms with E-state index in [2.05, 4.69) is 117 Å². The van der Waals surface area contributed by atoms with Gasteiger partial charge in [0.2, 0.25) is 0 Å². The molecule has 0 heterocycles. The van der Waals surface area contributed by atoms with Crippen molar-refractivity contribution in [3.05, 3.63) is 76.4 Å². The topological polar surface area (TPSA) is 38.7 Å². The highest BCUT2D eigenvalue weighted by molar-refractivity contribution is 6.74. The van der Waals surface area contributed by atoms with Crippen molar-refractivity contribution in [3.63, 3.8) is 0 Å². The maximum absolute atomic E-state index is 9.37. The summed E-state index contributed by atoms with van der Waals surface area (Å²) in [7, 11) is -3.72. The van der Waals surface area contributed by atoms with Crippen LogP contribution in [0.5, 0.6) is 0 Å². The van der Waals surface area contributed by atoms with Gasteiger partial charge < -0.3 is 14.0 Å². The van der Waals surface area contributed by atoms with E-state index < -0.39 is 16.6 Å². The molecule has 38 heavy (non-hydrogen) atoms. The summed E-state index contributed by atoms with van der Waals surface area (Å²) < 4.78 is 13.3. The number of aliphatic hydroxyl groups is 1. The van der Waals surface area contributed by atoms with Crippen LogP contribution < -0.4 is 0 Å². The van der Waals surface area contributed by atoms with Crippen LogP contribution in [0, 0.1) is 0 Å². The smallest absolute Gasteiger partial charge is 0.192 e. The first-order valence-electron chi connectivity index (χ1n) is 14.3. The normalized spacial score (nSPS) is 13.7. The molecule has 0 aliphatic heterocycles. The third-order valence-corrected chi connectivity index (χ3v) is 17.7. The largest absolute Gasteiger partial charge is 0.413 e. The van der Waals surface area contributed by atoms with Crippen LogP contribution >= 0.6 is 0 Å². The van der Waals surface area contributed by atoms with Gasteiger partial charge in [0.1, 0.15) is 0 Å². The van der Waals surface area contributed by atoms with Crippen LogP contribution in [0.25, 0.3) is 5.57 Å². The minimum atomic E-state index is -1.87. The standard InChI is InChI=1S/C33H54O3Si2/c1-12-28(20-21-34)29-15-13-14-26(22-29)16-17-27-18-19-30(24-35-37(8,9)32(2,3)4)31(23-27)25-36-38(10,11)33(5,6)7/h13-15,18-20,22-23,34H,12,16-17,21,24-25H2,1-11H3. The number of benzene rings is 2. The Hall–Kier alpha value is -1.51. The molecule has 0 saturated carbocycles. The minimum absolute atomic E-state index is 0.0820. The number of hydrogen-bond donors (Lipinski definition) is 1. The molecule has 0 unspecified atom stereocenters. The van der Waals surface area contributed by atoms with Crippen LogP contribution in [0.2, 0.25) is 36.3 Å². The molecule has 0 fully saturated rings. The fraction of sp³-hybridized carbons (Fsp3) is 0.576. The second-order valence-corrected chi connectivity index (χ2v) is 23.3. The van der Waals surface area contributed by atoms with Crippen molar-refractivity contribution in [2.75, 3.05) is 6.61 Å². The van der Waals surface area contributed by atoms with Gasteiger partial charge in [-0.25, -0.2) is 0 Å². The lowest BCUT2D eigenvalue weighted by molar-refractivity contribution is 0.257. The highest BCUT2D eigenvalue weighted by Gasteiger charge is 2.38. The minimum Gasteiger partial charge on any atom is -0.413 e. The van der Waals surface area contributed by atoms with Gasteiger partial charge in [0, 0.05) is 0 Å². The third-order valence-electron chi connectivity index (χ3n) is 8.78. The molecule has 2 aromatic carbocycles. The summed E-state index contributed by atoms with van der Waals surface area (Å²) in [5.41, 5.74) is 7.58. The van der Waals surface area contributed by atoms with Gasteiger partial charge in [-0.15, -0.1) is 0 Å². The number of aryl methyl sites for hydroxylation is 2. The van der Waals surface area contributed by atoms with Crippen LogP contribution in [0.3, 0.4) is 0 Å². The van der Waals surface area contributed by atoms with Gasteiger partial charge >= 0.3 is 0 Å². The molecule has 0 atom stereocenters. The molecule has 212 valence electrons. The van der Waals surface area contributed by atoms with E-state index in [9.17, 15) is 5.11 Å². The molecule has 0 saturated heterocycles.